The molecule has 1 saturated carbocycles. The first-order valence-corrected chi connectivity index (χ1v) is 10.8. The summed E-state index contributed by atoms with van der Waals surface area (Å²) in [6.07, 6.45) is 7.17. The van der Waals surface area contributed by atoms with Crippen molar-refractivity contribution in [1.82, 2.24) is 0 Å². The summed E-state index contributed by atoms with van der Waals surface area (Å²) in [4.78, 5) is 14.1. The Balaban J connectivity index is 1.91. The van der Waals surface area contributed by atoms with Crippen LogP contribution in [0.25, 0.3) is 0 Å². The molecule has 1 aliphatic rings. The van der Waals surface area contributed by atoms with E-state index in [1.165, 1.54) is 32.1 Å². The van der Waals surface area contributed by atoms with E-state index < -0.39 is 10.8 Å². The van der Waals surface area contributed by atoms with Crippen molar-refractivity contribution in [3.63, 3.8) is 0 Å². The number of ketones is 1. The Labute approximate surface area is 159 Å². The standard InChI is InChI=1S/C23H28O2S/c1-17-12-14-20(15-13-17)26(25)23-11-7-6-10-21(23)22(18(2)24)16-19-8-4-3-5-9-19/h6-7,10-15,19,22H,3-5,8-9,16H2,1-2H3/t22-,26+/m1/s1. The minimum absolute atomic E-state index is 0.149. The van der Waals surface area contributed by atoms with E-state index in [1.54, 1.807) is 6.92 Å². The first-order chi connectivity index (χ1) is 12.6. The average Bonchev–Trinajstić information content (AvgIpc) is 2.67. The molecular formula is C23H28O2S. The molecule has 1 fully saturated rings. The fraction of sp³-hybridized carbons (Fsp3) is 0.435. The Bertz CT molecular complexity index is 773. The fourth-order valence-electron chi connectivity index (χ4n) is 3.99. The lowest BCUT2D eigenvalue weighted by atomic mass is 9.79. The van der Waals surface area contributed by atoms with Crippen LogP contribution < -0.4 is 0 Å². The molecule has 0 N–H and O–H groups in total. The lowest BCUT2D eigenvalue weighted by Crippen LogP contribution is -2.18. The Kier molecular flexibility index (Phi) is 6.42. The molecule has 3 rings (SSSR count). The quantitative estimate of drug-likeness (QED) is 0.645. The van der Waals surface area contributed by atoms with Gasteiger partial charge in [-0.25, -0.2) is 4.21 Å². The molecule has 0 bridgehead atoms. The van der Waals surface area contributed by atoms with Gasteiger partial charge >= 0.3 is 0 Å². The summed E-state index contributed by atoms with van der Waals surface area (Å²) >= 11 is 0. The van der Waals surface area contributed by atoms with Gasteiger partial charge in [-0.15, -0.1) is 0 Å². The van der Waals surface area contributed by atoms with Crippen molar-refractivity contribution >= 4 is 16.6 Å². The maximum atomic E-state index is 13.2. The van der Waals surface area contributed by atoms with E-state index in [0.29, 0.717) is 5.92 Å². The summed E-state index contributed by atoms with van der Waals surface area (Å²) in [5.41, 5.74) is 2.10. The largest absolute Gasteiger partial charge is 0.299 e. The number of Topliss-reactive ketones (excluding diaryl/α,β-unsaturated/α-hetero) is 1. The van der Waals surface area contributed by atoms with Crippen LogP contribution >= 0.6 is 0 Å². The van der Waals surface area contributed by atoms with Gasteiger partial charge in [0.15, 0.2) is 0 Å². The van der Waals surface area contributed by atoms with Gasteiger partial charge in [0.2, 0.25) is 0 Å². The predicted molar refractivity (Wildman–Crippen MR) is 107 cm³/mol. The molecule has 0 unspecified atom stereocenters. The van der Waals surface area contributed by atoms with Crippen LogP contribution in [0.4, 0.5) is 0 Å². The molecule has 0 saturated heterocycles. The lowest BCUT2D eigenvalue weighted by molar-refractivity contribution is -0.118. The second-order valence-corrected chi connectivity index (χ2v) is 8.97. The van der Waals surface area contributed by atoms with Crippen molar-refractivity contribution in [2.45, 2.75) is 68.1 Å². The maximum absolute atomic E-state index is 13.2. The normalized spacial score (nSPS) is 17.6. The van der Waals surface area contributed by atoms with Crippen LogP contribution in [0.5, 0.6) is 0 Å². The third-order valence-electron chi connectivity index (χ3n) is 5.51. The summed E-state index contributed by atoms with van der Waals surface area (Å²) in [7, 11) is -1.26. The smallest absolute Gasteiger partial charge is 0.137 e. The predicted octanol–water partition coefficient (Wildman–Crippen LogP) is 5.80. The third kappa shape index (κ3) is 4.50. The van der Waals surface area contributed by atoms with Crippen molar-refractivity contribution in [2.24, 2.45) is 5.92 Å². The van der Waals surface area contributed by atoms with E-state index in [0.717, 1.165) is 27.3 Å². The highest BCUT2D eigenvalue weighted by Gasteiger charge is 2.26. The Morgan fingerprint density at radius 1 is 1.04 bits per heavy atom. The molecule has 0 aliphatic heterocycles. The topological polar surface area (TPSA) is 34.1 Å². The summed E-state index contributed by atoms with van der Waals surface area (Å²) < 4.78 is 13.2. The minimum atomic E-state index is -1.26. The molecule has 2 nitrogen and oxygen atoms in total. The molecular weight excluding hydrogens is 340 g/mol. The van der Waals surface area contributed by atoms with Crippen molar-refractivity contribution in [3.05, 3.63) is 59.7 Å². The zero-order valence-electron chi connectivity index (χ0n) is 15.7. The maximum Gasteiger partial charge on any atom is 0.137 e. The van der Waals surface area contributed by atoms with Gasteiger partial charge in [0.25, 0.3) is 0 Å². The molecule has 138 valence electrons. The molecule has 3 heteroatoms. The molecule has 2 aromatic rings. The average molecular weight is 369 g/mol. The summed E-state index contributed by atoms with van der Waals surface area (Å²) in [5, 5.41) is 0. The number of carbonyl (C=O) groups excluding carboxylic acids is 1. The monoisotopic (exact) mass is 368 g/mol. The molecule has 2 atom stereocenters. The van der Waals surface area contributed by atoms with E-state index in [-0.39, 0.29) is 11.7 Å². The zero-order chi connectivity index (χ0) is 18.5. The first-order valence-electron chi connectivity index (χ1n) is 9.64. The number of aryl methyl sites for hydroxylation is 1. The number of hydrogen-bond acceptors (Lipinski definition) is 2. The van der Waals surface area contributed by atoms with Crippen molar-refractivity contribution in [1.29, 1.82) is 0 Å². The number of benzene rings is 2. The number of carbonyl (C=O) groups is 1. The highest BCUT2D eigenvalue weighted by Crippen LogP contribution is 2.36. The minimum Gasteiger partial charge on any atom is -0.299 e. The molecule has 2 aromatic carbocycles. The van der Waals surface area contributed by atoms with Crippen molar-refractivity contribution in [2.75, 3.05) is 0 Å². The van der Waals surface area contributed by atoms with E-state index in [9.17, 15) is 9.00 Å². The Morgan fingerprint density at radius 2 is 1.69 bits per heavy atom. The molecule has 1 aliphatic carbocycles. The number of rotatable bonds is 6. The fourth-order valence-corrected chi connectivity index (χ4v) is 5.26. The van der Waals surface area contributed by atoms with Gasteiger partial charge in [-0.05, 0) is 49.9 Å². The highest BCUT2D eigenvalue weighted by atomic mass is 32.2. The molecule has 0 radical (unpaired) electrons. The van der Waals surface area contributed by atoms with Crippen LogP contribution in [0.3, 0.4) is 0 Å². The molecule has 0 heterocycles. The van der Waals surface area contributed by atoms with E-state index >= 15 is 0 Å². The molecule has 0 spiro atoms. The third-order valence-corrected chi connectivity index (χ3v) is 6.99. The molecule has 0 aromatic heterocycles. The van der Waals surface area contributed by atoms with Gasteiger partial charge in [0.05, 0.1) is 10.8 Å². The summed E-state index contributed by atoms with van der Waals surface area (Å²) in [5.74, 6) is 0.645. The lowest BCUT2D eigenvalue weighted by Gasteiger charge is -2.26. The van der Waals surface area contributed by atoms with Crippen LogP contribution in [0.2, 0.25) is 0 Å². The van der Waals surface area contributed by atoms with Crippen LogP contribution in [-0.4, -0.2) is 9.99 Å². The van der Waals surface area contributed by atoms with Crippen molar-refractivity contribution < 1.29 is 9.00 Å². The van der Waals surface area contributed by atoms with E-state index in [1.807, 2.05) is 55.5 Å². The van der Waals surface area contributed by atoms with Gasteiger partial charge in [0, 0.05) is 15.7 Å². The summed E-state index contributed by atoms with van der Waals surface area (Å²) in [6, 6.07) is 15.6. The van der Waals surface area contributed by atoms with E-state index in [4.69, 9.17) is 0 Å². The SMILES string of the molecule is CC(=O)[C@@H](CC1CCCCC1)c1ccccc1[S@@](=O)c1ccc(C)cc1. The first kappa shape index (κ1) is 19.0. The highest BCUT2D eigenvalue weighted by molar-refractivity contribution is 7.85. The summed E-state index contributed by atoms with van der Waals surface area (Å²) in [6.45, 7) is 3.70. The molecule has 0 amide bonds. The van der Waals surface area contributed by atoms with Crippen LogP contribution in [0.1, 0.15) is 62.5 Å². The van der Waals surface area contributed by atoms with Gasteiger partial charge in [-0.2, -0.15) is 0 Å². The van der Waals surface area contributed by atoms with Crippen LogP contribution in [-0.2, 0) is 15.6 Å². The Morgan fingerprint density at radius 3 is 2.35 bits per heavy atom. The van der Waals surface area contributed by atoms with Gasteiger partial charge in [0.1, 0.15) is 5.78 Å². The van der Waals surface area contributed by atoms with Crippen LogP contribution in [0, 0.1) is 12.8 Å². The van der Waals surface area contributed by atoms with Crippen molar-refractivity contribution in [3.8, 4) is 0 Å². The second kappa shape index (κ2) is 8.77. The van der Waals surface area contributed by atoms with Gasteiger partial charge in [-0.1, -0.05) is 68.0 Å². The van der Waals surface area contributed by atoms with Crippen LogP contribution in [0.15, 0.2) is 58.3 Å². The Hall–Kier alpha value is -1.74. The molecule has 26 heavy (non-hydrogen) atoms. The van der Waals surface area contributed by atoms with E-state index in [2.05, 4.69) is 0 Å². The van der Waals surface area contributed by atoms with Gasteiger partial charge in [-0.3, -0.25) is 4.79 Å². The zero-order valence-corrected chi connectivity index (χ0v) is 16.6. The van der Waals surface area contributed by atoms with Gasteiger partial charge < -0.3 is 0 Å². The number of hydrogen-bond donors (Lipinski definition) is 0. The second-order valence-electron chi connectivity index (χ2n) is 7.52.